The average molecular weight is 381 g/mol. The summed E-state index contributed by atoms with van der Waals surface area (Å²) in [5.41, 5.74) is -0.0373. The lowest BCUT2D eigenvalue weighted by Crippen LogP contribution is -2.52. The Morgan fingerprint density at radius 3 is 2.67 bits per heavy atom. The van der Waals surface area contributed by atoms with Crippen LogP contribution < -0.4 is 0 Å². The fraction of sp³-hybridized carbons (Fsp3) is 0.538. The molecule has 1 aliphatic heterocycles. The van der Waals surface area contributed by atoms with Crippen molar-refractivity contribution in [2.45, 2.75) is 24.5 Å². The Labute approximate surface area is 132 Å². The van der Waals surface area contributed by atoms with Gasteiger partial charge in [-0.2, -0.15) is 4.31 Å². The minimum Gasteiger partial charge on any atom is -0.392 e. The van der Waals surface area contributed by atoms with Crippen molar-refractivity contribution < 1.29 is 17.9 Å². The van der Waals surface area contributed by atoms with Crippen LogP contribution in [0.1, 0.15) is 12.5 Å². The molecule has 1 fully saturated rings. The molecule has 1 heterocycles. The molecule has 0 saturated carbocycles. The van der Waals surface area contributed by atoms with Gasteiger partial charge in [0.2, 0.25) is 10.0 Å². The van der Waals surface area contributed by atoms with Gasteiger partial charge in [-0.1, -0.05) is 15.9 Å². The molecule has 1 aromatic rings. The second-order valence-corrected chi connectivity index (χ2v) is 8.04. The number of likely N-dealkylation sites (N-methyl/N-ethyl adjacent to an activating group) is 1. The van der Waals surface area contributed by atoms with Crippen molar-refractivity contribution in [3.8, 4) is 0 Å². The highest BCUT2D eigenvalue weighted by atomic mass is 79.9. The number of nitrogens with zero attached hydrogens (tertiary/aromatic N) is 2. The number of rotatable bonds is 3. The second-order valence-electron chi connectivity index (χ2n) is 5.26. The lowest BCUT2D eigenvalue weighted by atomic mass is 10.2. The molecule has 1 atom stereocenters. The van der Waals surface area contributed by atoms with Crippen LogP contribution in [0.15, 0.2) is 21.5 Å². The molecule has 1 N–H and O–H groups in total. The zero-order chi connectivity index (χ0) is 15.8. The molecule has 0 spiro atoms. The number of benzene rings is 1. The number of hydrogen-bond donors (Lipinski definition) is 1. The van der Waals surface area contributed by atoms with Gasteiger partial charge in [-0.05, 0) is 26.1 Å². The van der Waals surface area contributed by atoms with E-state index in [1.807, 2.05) is 11.9 Å². The molecule has 0 bridgehead atoms. The molecule has 21 heavy (non-hydrogen) atoms. The summed E-state index contributed by atoms with van der Waals surface area (Å²) < 4.78 is 41.5. The summed E-state index contributed by atoms with van der Waals surface area (Å²) in [4.78, 5) is 1.64. The summed E-state index contributed by atoms with van der Waals surface area (Å²) in [5, 5.41) is 9.15. The van der Waals surface area contributed by atoms with Gasteiger partial charge in [-0.15, -0.1) is 0 Å². The first-order chi connectivity index (χ1) is 9.77. The molecule has 5 nitrogen and oxygen atoms in total. The van der Waals surface area contributed by atoms with E-state index in [0.29, 0.717) is 24.1 Å². The van der Waals surface area contributed by atoms with Gasteiger partial charge in [0.25, 0.3) is 0 Å². The van der Waals surface area contributed by atoms with Gasteiger partial charge in [-0.25, -0.2) is 12.8 Å². The van der Waals surface area contributed by atoms with Crippen molar-refractivity contribution >= 4 is 26.0 Å². The predicted octanol–water partition coefficient (Wildman–Crippen LogP) is 1.41. The molecule has 0 aromatic heterocycles. The Balaban J connectivity index is 2.47. The Morgan fingerprint density at radius 2 is 2.10 bits per heavy atom. The minimum atomic E-state index is -3.93. The van der Waals surface area contributed by atoms with Gasteiger partial charge in [0.15, 0.2) is 0 Å². The number of halogens is 2. The van der Waals surface area contributed by atoms with Crippen LogP contribution in [-0.4, -0.2) is 55.5 Å². The van der Waals surface area contributed by atoms with Crippen LogP contribution in [0.2, 0.25) is 0 Å². The van der Waals surface area contributed by atoms with E-state index in [1.165, 1.54) is 16.4 Å². The van der Waals surface area contributed by atoms with Crippen molar-refractivity contribution in [1.82, 2.24) is 9.21 Å². The largest absolute Gasteiger partial charge is 0.392 e. The van der Waals surface area contributed by atoms with Crippen LogP contribution in [0.5, 0.6) is 0 Å². The van der Waals surface area contributed by atoms with E-state index in [0.717, 1.165) is 0 Å². The van der Waals surface area contributed by atoms with E-state index >= 15 is 0 Å². The van der Waals surface area contributed by atoms with Crippen LogP contribution in [-0.2, 0) is 16.6 Å². The number of sulfonamides is 1. The van der Waals surface area contributed by atoms with Crippen molar-refractivity contribution in [2.75, 3.05) is 26.7 Å². The first-order valence-electron chi connectivity index (χ1n) is 6.56. The molecule has 0 aliphatic carbocycles. The lowest BCUT2D eigenvalue weighted by molar-refractivity contribution is 0.170. The Kier molecular flexibility index (Phi) is 5.04. The number of hydrogen-bond acceptors (Lipinski definition) is 4. The van der Waals surface area contributed by atoms with E-state index < -0.39 is 27.3 Å². The molecule has 2 rings (SSSR count). The van der Waals surface area contributed by atoms with E-state index in [4.69, 9.17) is 5.11 Å². The number of piperazine rings is 1. The standard InChI is InChI=1S/C13H18BrFN2O3S/c1-9-7-16(2)3-4-17(9)21(19,20)12-6-11(14)5-10(8-18)13(12)15/h5-6,9,18H,3-4,7-8H2,1-2H3. The maximum atomic E-state index is 14.3. The van der Waals surface area contributed by atoms with Crippen LogP contribution in [0.25, 0.3) is 0 Å². The zero-order valence-electron chi connectivity index (χ0n) is 11.9. The molecule has 1 saturated heterocycles. The zero-order valence-corrected chi connectivity index (χ0v) is 14.3. The maximum Gasteiger partial charge on any atom is 0.246 e. The smallest absolute Gasteiger partial charge is 0.246 e. The topological polar surface area (TPSA) is 60.9 Å². The molecule has 0 radical (unpaired) electrons. The highest BCUT2D eigenvalue weighted by molar-refractivity contribution is 9.10. The third-order valence-corrected chi connectivity index (χ3v) is 6.08. The predicted molar refractivity (Wildman–Crippen MR) is 80.9 cm³/mol. The minimum absolute atomic E-state index is 0.0373. The Morgan fingerprint density at radius 1 is 1.43 bits per heavy atom. The van der Waals surface area contributed by atoms with Crippen LogP contribution in [0, 0.1) is 5.82 Å². The second kappa shape index (κ2) is 6.29. The van der Waals surface area contributed by atoms with Gasteiger partial charge < -0.3 is 10.0 Å². The van der Waals surface area contributed by atoms with Gasteiger partial charge in [0.1, 0.15) is 10.7 Å². The van der Waals surface area contributed by atoms with Gasteiger partial charge in [0, 0.05) is 35.7 Å². The van der Waals surface area contributed by atoms with Crippen LogP contribution in [0.3, 0.4) is 0 Å². The van der Waals surface area contributed by atoms with Gasteiger partial charge in [-0.3, -0.25) is 0 Å². The quantitative estimate of drug-likeness (QED) is 0.860. The molecule has 1 unspecified atom stereocenters. The summed E-state index contributed by atoms with van der Waals surface area (Å²) in [6, 6.07) is 2.39. The highest BCUT2D eigenvalue weighted by Crippen LogP contribution is 2.28. The third kappa shape index (κ3) is 3.29. The summed E-state index contributed by atoms with van der Waals surface area (Å²) in [7, 11) is -2.01. The van der Waals surface area contributed by atoms with Crippen molar-refractivity contribution in [1.29, 1.82) is 0 Å². The first-order valence-corrected chi connectivity index (χ1v) is 8.80. The van der Waals surface area contributed by atoms with Crippen molar-refractivity contribution in [2.24, 2.45) is 0 Å². The Hall–Kier alpha value is -0.540. The fourth-order valence-electron chi connectivity index (χ4n) is 2.53. The Bertz CT molecular complexity index is 639. The van der Waals surface area contributed by atoms with Crippen molar-refractivity contribution in [3.63, 3.8) is 0 Å². The summed E-state index contributed by atoms with van der Waals surface area (Å²) in [6.45, 7) is 2.77. The summed E-state index contributed by atoms with van der Waals surface area (Å²) in [6.07, 6.45) is 0. The molecule has 8 heteroatoms. The molecular formula is C13H18BrFN2O3S. The monoisotopic (exact) mass is 380 g/mol. The molecule has 0 amide bonds. The van der Waals surface area contributed by atoms with E-state index in [2.05, 4.69) is 15.9 Å². The van der Waals surface area contributed by atoms with Gasteiger partial charge >= 0.3 is 0 Å². The fourth-order valence-corrected chi connectivity index (χ4v) is 4.93. The van der Waals surface area contributed by atoms with E-state index in [9.17, 15) is 12.8 Å². The molecule has 118 valence electrons. The molecule has 1 aliphatic rings. The SMILES string of the molecule is CC1CN(C)CCN1S(=O)(=O)c1cc(Br)cc(CO)c1F. The number of aliphatic hydroxyl groups excluding tert-OH is 1. The average Bonchev–Trinajstić information content (AvgIpc) is 2.40. The van der Waals surface area contributed by atoms with Crippen molar-refractivity contribution in [3.05, 3.63) is 28.0 Å². The lowest BCUT2D eigenvalue weighted by Gasteiger charge is -2.37. The third-order valence-electron chi connectivity index (χ3n) is 3.61. The van der Waals surface area contributed by atoms with Gasteiger partial charge in [0.05, 0.1) is 6.61 Å². The van der Waals surface area contributed by atoms with E-state index in [-0.39, 0.29) is 11.6 Å². The summed E-state index contributed by atoms with van der Waals surface area (Å²) >= 11 is 3.16. The van der Waals surface area contributed by atoms with Crippen LogP contribution >= 0.6 is 15.9 Å². The normalized spacial score (nSPS) is 21.7. The molecular weight excluding hydrogens is 363 g/mol. The van der Waals surface area contributed by atoms with Crippen LogP contribution in [0.4, 0.5) is 4.39 Å². The highest BCUT2D eigenvalue weighted by Gasteiger charge is 2.35. The summed E-state index contributed by atoms with van der Waals surface area (Å²) in [5.74, 6) is -0.883. The number of aliphatic hydroxyl groups is 1. The maximum absolute atomic E-state index is 14.3. The first kappa shape index (κ1) is 16.8. The van der Waals surface area contributed by atoms with E-state index in [1.54, 1.807) is 6.92 Å². The molecule has 1 aromatic carbocycles.